The highest BCUT2D eigenvalue weighted by Gasteiger charge is 2.19. The Kier molecular flexibility index (Phi) is 44.2. The van der Waals surface area contributed by atoms with Crippen molar-refractivity contribution in [3.05, 3.63) is 0 Å². The van der Waals surface area contributed by atoms with Crippen LogP contribution in [0.5, 0.6) is 0 Å². The van der Waals surface area contributed by atoms with E-state index in [0.717, 1.165) is 63.7 Å². The first kappa shape index (κ1) is 55.4. The number of esters is 3. The molecule has 0 aliphatic rings. The zero-order valence-corrected chi connectivity index (χ0v) is 38.8. The summed E-state index contributed by atoms with van der Waals surface area (Å²) in [5, 5.41) is 0. The van der Waals surface area contributed by atoms with Gasteiger partial charge in [0.25, 0.3) is 0 Å². The summed E-state index contributed by atoms with van der Waals surface area (Å²) in [5.41, 5.74) is 0. The molecule has 0 radical (unpaired) electrons. The standard InChI is InChI=1S/C51H98O6/c1-5-8-10-12-14-16-18-20-22-24-26-28-30-36-40-44-51(54)57-48(46-56-50(53)43-39-35-32-31-33-37-41-47(4)7-3)45-55-49(52)42-38-34-29-27-25-23-21-19-17-15-13-11-9-6-2/h47-48H,5-46H2,1-4H3/t47?,48-/m0/s1. The van der Waals surface area contributed by atoms with Gasteiger partial charge in [-0.1, -0.05) is 246 Å². The van der Waals surface area contributed by atoms with E-state index in [9.17, 15) is 14.4 Å². The van der Waals surface area contributed by atoms with Gasteiger partial charge in [-0.15, -0.1) is 0 Å². The summed E-state index contributed by atoms with van der Waals surface area (Å²) >= 11 is 0. The number of hydrogen-bond acceptors (Lipinski definition) is 6. The summed E-state index contributed by atoms with van der Waals surface area (Å²) in [6, 6.07) is 0. The minimum absolute atomic E-state index is 0.0635. The summed E-state index contributed by atoms with van der Waals surface area (Å²) in [7, 11) is 0. The minimum atomic E-state index is -0.761. The highest BCUT2D eigenvalue weighted by molar-refractivity contribution is 5.71. The van der Waals surface area contributed by atoms with Crippen LogP contribution in [0.3, 0.4) is 0 Å². The van der Waals surface area contributed by atoms with Crippen LogP contribution >= 0.6 is 0 Å². The Bertz CT molecular complexity index is 859. The third-order valence-electron chi connectivity index (χ3n) is 11.9. The molecule has 0 aromatic carbocycles. The fourth-order valence-corrected chi connectivity index (χ4v) is 7.66. The van der Waals surface area contributed by atoms with Gasteiger partial charge < -0.3 is 14.2 Å². The monoisotopic (exact) mass is 807 g/mol. The molecular weight excluding hydrogens is 709 g/mol. The molecule has 0 saturated heterocycles. The maximum atomic E-state index is 12.8. The average Bonchev–Trinajstić information content (AvgIpc) is 3.21. The summed E-state index contributed by atoms with van der Waals surface area (Å²) in [6.45, 7) is 9.00. The Morgan fingerprint density at radius 3 is 0.912 bits per heavy atom. The topological polar surface area (TPSA) is 78.9 Å². The molecule has 6 heteroatoms. The molecule has 0 aliphatic heterocycles. The molecule has 0 amide bonds. The molecule has 0 aromatic rings. The van der Waals surface area contributed by atoms with E-state index < -0.39 is 6.10 Å². The van der Waals surface area contributed by atoms with Crippen molar-refractivity contribution in [1.82, 2.24) is 0 Å². The lowest BCUT2D eigenvalue weighted by Crippen LogP contribution is -2.30. The number of carbonyl (C=O) groups excluding carboxylic acids is 3. The minimum Gasteiger partial charge on any atom is -0.462 e. The van der Waals surface area contributed by atoms with Crippen molar-refractivity contribution in [2.75, 3.05) is 13.2 Å². The molecule has 0 fully saturated rings. The zero-order chi connectivity index (χ0) is 41.7. The SMILES string of the molecule is CCCCCCCCCCCCCCCCCC(=O)O[C@@H](COC(=O)CCCCCCCCCCCCCCCC)COC(=O)CCCCCCCCC(C)CC. The van der Waals surface area contributed by atoms with Gasteiger partial charge in [-0.25, -0.2) is 0 Å². The summed E-state index contributed by atoms with van der Waals surface area (Å²) in [6.07, 6.45) is 46.6. The van der Waals surface area contributed by atoms with Gasteiger partial charge >= 0.3 is 17.9 Å². The van der Waals surface area contributed by atoms with Crippen LogP contribution in [0.25, 0.3) is 0 Å². The summed E-state index contributed by atoms with van der Waals surface area (Å²) < 4.78 is 16.8. The molecule has 57 heavy (non-hydrogen) atoms. The highest BCUT2D eigenvalue weighted by atomic mass is 16.6. The van der Waals surface area contributed by atoms with Crippen LogP contribution in [-0.2, 0) is 28.6 Å². The fraction of sp³-hybridized carbons (Fsp3) is 0.941. The molecule has 0 saturated carbocycles. The second-order valence-electron chi connectivity index (χ2n) is 17.7. The van der Waals surface area contributed by atoms with Crippen LogP contribution < -0.4 is 0 Å². The van der Waals surface area contributed by atoms with Crippen molar-refractivity contribution in [2.45, 2.75) is 291 Å². The Morgan fingerprint density at radius 2 is 0.614 bits per heavy atom. The van der Waals surface area contributed by atoms with Gasteiger partial charge in [0.2, 0.25) is 0 Å². The number of hydrogen-bond donors (Lipinski definition) is 0. The van der Waals surface area contributed by atoms with Gasteiger partial charge in [0.05, 0.1) is 0 Å². The van der Waals surface area contributed by atoms with E-state index in [1.54, 1.807) is 0 Å². The third kappa shape index (κ3) is 43.8. The number of unbranched alkanes of at least 4 members (excludes halogenated alkanes) is 32. The predicted octanol–water partition coefficient (Wildman–Crippen LogP) is 16.3. The largest absolute Gasteiger partial charge is 0.462 e. The van der Waals surface area contributed by atoms with Crippen LogP contribution in [0.1, 0.15) is 285 Å². The molecule has 0 bridgehead atoms. The first-order valence-corrected chi connectivity index (χ1v) is 25.4. The van der Waals surface area contributed by atoms with Crippen molar-refractivity contribution in [1.29, 1.82) is 0 Å². The summed E-state index contributed by atoms with van der Waals surface area (Å²) in [5.74, 6) is -0.0341. The van der Waals surface area contributed by atoms with Gasteiger partial charge in [-0.05, 0) is 25.2 Å². The van der Waals surface area contributed by atoms with Gasteiger partial charge in [-0.3, -0.25) is 14.4 Å². The van der Waals surface area contributed by atoms with Gasteiger partial charge in [0, 0.05) is 19.3 Å². The zero-order valence-electron chi connectivity index (χ0n) is 38.8. The third-order valence-corrected chi connectivity index (χ3v) is 11.9. The van der Waals surface area contributed by atoms with E-state index in [-0.39, 0.29) is 31.1 Å². The number of ether oxygens (including phenoxy) is 3. The number of rotatable bonds is 46. The maximum Gasteiger partial charge on any atom is 0.306 e. The lowest BCUT2D eigenvalue weighted by molar-refractivity contribution is -0.167. The van der Waals surface area contributed by atoms with E-state index >= 15 is 0 Å². The van der Waals surface area contributed by atoms with Crippen molar-refractivity contribution >= 4 is 17.9 Å². The van der Waals surface area contributed by atoms with E-state index in [4.69, 9.17) is 14.2 Å². The van der Waals surface area contributed by atoms with Crippen LogP contribution in [0.2, 0.25) is 0 Å². The predicted molar refractivity (Wildman–Crippen MR) is 243 cm³/mol. The lowest BCUT2D eigenvalue weighted by Gasteiger charge is -2.18. The number of carbonyl (C=O) groups is 3. The first-order valence-electron chi connectivity index (χ1n) is 25.4. The Balaban J connectivity index is 4.30. The molecule has 2 atom stereocenters. The van der Waals surface area contributed by atoms with E-state index in [2.05, 4.69) is 27.7 Å². The Labute approximate surface area is 355 Å². The van der Waals surface area contributed by atoms with Crippen LogP contribution in [0.15, 0.2) is 0 Å². The second kappa shape index (κ2) is 45.5. The maximum absolute atomic E-state index is 12.8. The van der Waals surface area contributed by atoms with E-state index in [0.29, 0.717) is 19.3 Å². The quantitative estimate of drug-likeness (QED) is 0.0346. The smallest absolute Gasteiger partial charge is 0.306 e. The van der Waals surface area contributed by atoms with Gasteiger partial charge in [-0.2, -0.15) is 0 Å². The molecule has 0 spiro atoms. The van der Waals surface area contributed by atoms with Gasteiger partial charge in [0.15, 0.2) is 6.10 Å². The van der Waals surface area contributed by atoms with Crippen molar-refractivity contribution in [3.8, 4) is 0 Å². The van der Waals surface area contributed by atoms with Crippen molar-refractivity contribution in [2.24, 2.45) is 5.92 Å². The van der Waals surface area contributed by atoms with Crippen molar-refractivity contribution in [3.63, 3.8) is 0 Å². The van der Waals surface area contributed by atoms with Crippen LogP contribution in [0, 0.1) is 5.92 Å². The van der Waals surface area contributed by atoms with E-state index in [1.165, 1.54) is 180 Å². The molecular formula is C51H98O6. The molecule has 6 nitrogen and oxygen atoms in total. The Morgan fingerprint density at radius 1 is 0.351 bits per heavy atom. The fourth-order valence-electron chi connectivity index (χ4n) is 7.66. The molecule has 0 N–H and O–H groups in total. The molecule has 0 heterocycles. The second-order valence-corrected chi connectivity index (χ2v) is 17.7. The summed E-state index contributed by atoms with van der Waals surface area (Å²) in [4.78, 5) is 37.9. The van der Waals surface area contributed by atoms with Crippen LogP contribution in [-0.4, -0.2) is 37.2 Å². The molecule has 0 aromatic heterocycles. The van der Waals surface area contributed by atoms with E-state index in [1.807, 2.05) is 0 Å². The highest BCUT2D eigenvalue weighted by Crippen LogP contribution is 2.17. The molecule has 0 rings (SSSR count). The first-order chi connectivity index (χ1) is 27.9. The molecule has 0 aliphatic carbocycles. The lowest BCUT2D eigenvalue weighted by atomic mass is 10.00. The molecule has 1 unspecified atom stereocenters. The molecule has 338 valence electrons. The van der Waals surface area contributed by atoms with Crippen LogP contribution in [0.4, 0.5) is 0 Å². The normalized spacial score (nSPS) is 12.4. The average molecular weight is 807 g/mol. The van der Waals surface area contributed by atoms with Gasteiger partial charge in [0.1, 0.15) is 13.2 Å². The Hall–Kier alpha value is -1.59. The van der Waals surface area contributed by atoms with Crippen molar-refractivity contribution < 1.29 is 28.6 Å².